The number of carboxylic acid groups (broad SMARTS) is 1. The third-order valence-electron chi connectivity index (χ3n) is 3.48. The number of aliphatic carboxylic acids is 1. The molecule has 1 N–H and O–H groups in total. The minimum atomic E-state index is -1.12. The molecule has 2 rings (SSSR count). The zero-order chi connectivity index (χ0) is 16.1. The lowest BCUT2D eigenvalue weighted by Gasteiger charge is -2.32. The van der Waals surface area contributed by atoms with Crippen molar-refractivity contribution in [2.75, 3.05) is 19.8 Å². The number of nitrogens with zero attached hydrogens (tertiary/aromatic N) is 3. The molecule has 1 amide bonds. The standard InChI is InChI=1S/C14H19N3O5/c1-2-3-6-17-12(18)5-4-10(15-17)13(19)16-7-8-22-9-11(16)14(20)21/h4-5,11H,2-3,6-9H2,1H3,(H,20,21)/t11-/m1/s1. The number of carbonyl (C=O) groups excluding carboxylic acids is 1. The summed E-state index contributed by atoms with van der Waals surface area (Å²) in [5.74, 6) is -1.62. The number of hydrogen-bond donors (Lipinski definition) is 1. The summed E-state index contributed by atoms with van der Waals surface area (Å²) in [4.78, 5) is 36.6. The largest absolute Gasteiger partial charge is 0.480 e. The highest BCUT2D eigenvalue weighted by atomic mass is 16.5. The van der Waals surface area contributed by atoms with Crippen LogP contribution in [0.5, 0.6) is 0 Å². The summed E-state index contributed by atoms with van der Waals surface area (Å²) < 4.78 is 6.35. The SMILES string of the molecule is CCCCn1nc(C(=O)N2CCOC[C@@H]2C(=O)O)ccc1=O. The Bertz CT molecular complexity index is 613. The second-order valence-electron chi connectivity index (χ2n) is 5.06. The van der Waals surface area contributed by atoms with Gasteiger partial charge in [0.25, 0.3) is 11.5 Å². The summed E-state index contributed by atoms with van der Waals surface area (Å²) in [6, 6.07) is 1.59. The van der Waals surface area contributed by atoms with E-state index in [1.807, 2.05) is 6.92 Å². The molecule has 22 heavy (non-hydrogen) atoms. The van der Waals surface area contributed by atoms with E-state index >= 15 is 0 Å². The van der Waals surface area contributed by atoms with Crippen LogP contribution < -0.4 is 5.56 Å². The van der Waals surface area contributed by atoms with Crippen LogP contribution in [0.2, 0.25) is 0 Å². The third-order valence-corrected chi connectivity index (χ3v) is 3.48. The molecule has 1 aliphatic rings. The molecule has 1 fully saturated rings. The van der Waals surface area contributed by atoms with Crippen molar-refractivity contribution < 1.29 is 19.4 Å². The highest BCUT2D eigenvalue weighted by Gasteiger charge is 2.34. The van der Waals surface area contributed by atoms with E-state index in [0.717, 1.165) is 12.8 Å². The normalized spacial score (nSPS) is 18.2. The summed E-state index contributed by atoms with van der Waals surface area (Å²) in [5.41, 5.74) is -0.203. The van der Waals surface area contributed by atoms with Gasteiger partial charge in [-0.05, 0) is 12.5 Å². The van der Waals surface area contributed by atoms with Crippen molar-refractivity contribution in [3.63, 3.8) is 0 Å². The van der Waals surface area contributed by atoms with Crippen molar-refractivity contribution in [3.05, 3.63) is 28.2 Å². The summed E-state index contributed by atoms with van der Waals surface area (Å²) in [6.45, 7) is 2.85. The first kappa shape index (κ1) is 16.2. The van der Waals surface area contributed by atoms with E-state index in [-0.39, 0.29) is 31.0 Å². The summed E-state index contributed by atoms with van der Waals surface area (Å²) in [7, 11) is 0. The number of unbranched alkanes of at least 4 members (excludes halogenated alkanes) is 1. The third kappa shape index (κ3) is 3.51. The predicted molar refractivity (Wildman–Crippen MR) is 76.7 cm³/mol. The molecule has 0 aliphatic carbocycles. The molecular weight excluding hydrogens is 290 g/mol. The number of carbonyl (C=O) groups is 2. The second kappa shape index (κ2) is 7.17. The lowest BCUT2D eigenvalue weighted by Crippen LogP contribution is -2.53. The molecule has 8 nitrogen and oxygen atoms in total. The summed E-state index contributed by atoms with van der Waals surface area (Å²) >= 11 is 0. The number of rotatable bonds is 5. The maximum atomic E-state index is 12.5. The number of morpholine rings is 1. The van der Waals surface area contributed by atoms with Crippen LogP contribution in [0.15, 0.2) is 16.9 Å². The topological polar surface area (TPSA) is 102 Å². The van der Waals surface area contributed by atoms with Crippen LogP contribution in [-0.2, 0) is 16.1 Å². The Morgan fingerprint density at radius 3 is 2.91 bits per heavy atom. The van der Waals surface area contributed by atoms with Gasteiger partial charge in [-0.15, -0.1) is 0 Å². The van der Waals surface area contributed by atoms with Crippen LogP contribution in [0.1, 0.15) is 30.3 Å². The molecule has 2 heterocycles. The molecule has 120 valence electrons. The Morgan fingerprint density at radius 2 is 2.23 bits per heavy atom. The van der Waals surface area contributed by atoms with Crippen LogP contribution in [0, 0.1) is 0 Å². The first-order valence-corrected chi connectivity index (χ1v) is 7.24. The van der Waals surface area contributed by atoms with E-state index < -0.39 is 17.9 Å². The van der Waals surface area contributed by atoms with Gasteiger partial charge in [-0.25, -0.2) is 9.48 Å². The fourth-order valence-corrected chi connectivity index (χ4v) is 2.23. The van der Waals surface area contributed by atoms with Gasteiger partial charge in [-0.2, -0.15) is 5.10 Å². The molecule has 0 unspecified atom stereocenters. The van der Waals surface area contributed by atoms with Gasteiger partial charge >= 0.3 is 5.97 Å². The molecule has 1 saturated heterocycles. The molecule has 1 aromatic heterocycles. The van der Waals surface area contributed by atoms with Gasteiger partial charge < -0.3 is 14.7 Å². The van der Waals surface area contributed by atoms with Crippen molar-refractivity contribution >= 4 is 11.9 Å². The van der Waals surface area contributed by atoms with Crippen molar-refractivity contribution in [1.29, 1.82) is 0 Å². The molecule has 0 radical (unpaired) electrons. The average molecular weight is 309 g/mol. The maximum absolute atomic E-state index is 12.5. The van der Waals surface area contributed by atoms with Crippen LogP contribution in [0.4, 0.5) is 0 Å². The molecule has 0 spiro atoms. The molecular formula is C14H19N3O5. The number of aromatic nitrogens is 2. The number of ether oxygens (including phenoxy) is 1. The van der Waals surface area contributed by atoms with E-state index in [1.165, 1.54) is 21.7 Å². The van der Waals surface area contributed by atoms with Crippen LogP contribution >= 0.6 is 0 Å². The maximum Gasteiger partial charge on any atom is 0.328 e. The van der Waals surface area contributed by atoms with Crippen molar-refractivity contribution in [2.24, 2.45) is 0 Å². The Morgan fingerprint density at radius 1 is 1.45 bits per heavy atom. The monoisotopic (exact) mass is 309 g/mol. The first-order chi connectivity index (χ1) is 10.5. The molecule has 1 aromatic rings. The fraction of sp³-hybridized carbons (Fsp3) is 0.571. The van der Waals surface area contributed by atoms with E-state index in [4.69, 9.17) is 9.84 Å². The van der Waals surface area contributed by atoms with Crippen molar-refractivity contribution in [2.45, 2.75) is 32.4 Å². The van der Waals surface area contributed by atoms with Crippen molar-refractivity contribution in [3.8, 4) is 0 Å². The molecule has 0 aromatic carbocycles. The van der Waals surface area contributed by atoms with E-state index in [1.54, 1.807) is 0 Å². The lowest BCUT2D eigenvalue weighted by molar-refractivity contribution is -0.147. The smallest absolute Gasteiger partial charge is 0.328 e. The number of carboxylic acids is 1. The van der Waals surface area contributed by atoms with Crippen molar-refractivity contribution in [1.82, 2.24) is 14.7 Å². The Kier molecular flexibility index (Phi) is 5.26. The highest BCUT2D eigenvalue weighted by Crippen LogP contribution is 2.11. The first-order valence-electron chi connectivity index (χ1n) is 7.24. The molecule has 8 heteroatoms. The summed E-state index contributed by atoms with van der Waals surface area (Å²) in [6.07, 6.45) is 1.68. The zero-order valence-electron chi connectivity index (χ0n) is 12.4. The number of hydrogen-bond acceptors (Lipinski definition) is 5. The Balaban J connectivity index is 2.24. The van der Waals surface area contributed by atoms with Gasteiger partial charge in [0.1, 0.15) is 5.69 Å². The summed E-state index contributed by atoms with van der Waals surface area (Å²) in [5, 5.41) is 13.2. The van der Waals surface area contributed by atoms with Gasteiger partial charge in [0.05, 0.1) is 13.2 Å². The Labute approximate surface area is 127 Å². The van der Waals surface area contributed by atoms with Gasteiger partial charge in [0.15, 0.2) is 6.04 Å². The quantitative estimate of drug-likeness (QED) is 0.819. The minimum Gasteiger partial charge on any atom is -0.480 e. The van der Waals surface area contributed by atoms with Gasteiger partial charge in [-0.1, -0.05) is 13.3 Å². The number of amides is 1. The number of aryl methyl sites for hydroxylation is 1. The van der Waals surface area contributed by atoms with E-state index in [2.05, 4.69) is 5.10 Å². The average Bonchev–Trinajstić information content (AvgIpc) is 2.53. The molecule has 0 saturated carbocycles. The molecule has 0 bridgehead atoms. The van der Waals surface area contributed by atoms with E-state index in [0.29, 0.717) is 6.54 Å². The van der Waals surface area contributed by atoms with Gasteiger partial charge in [0.2, 0.25) is 0 Å². The Hall–Kier alpha value is -2.22. The second-order valence-corrected chi connectivity index (χ2v) is 5.06. The van der Waals surface area contributed by atoms with Crippen LogP contribution in [0.25, 0.3) is 0 Å². The zero-order valence-corrected chi connectivity index (χ0v) is 12.4. The van der Waals surface area contributed by atoms with Crippen LogP contribution in [0.3, 0.4) is 0 Å². The minimum absolute atomic E-state index is 0.0451. The predicted octanol–water partition coefficient (Wildman–Crippen LogP) is -0.0310. The van der Waals surface area contributed by atoms with Gasteiger partial charge in [0, 0.05) is 19.2 Å². The molecule has 1 atom stereocenters. The molecule has 1 aliphatic heterocycles. The van der Waals surface area contributed by atoms with Crippen LogP contribution in [-0.4, -0.2) is 57.5 Å². The highest BCUT2D eigenvalue weighted by molar-refractivity contribution is 5.95. The lowest BCUT2D eigenvalue weighted by atomic mass is 10.2. The van der Waals surface area contributed by atoms with Gasteiger partial charge in [-0.3, -0.25) is 9.59 Å². The fourth-order valence-electron chi connectivity index (χ4n) is 2.23. The van der Waals surface area contributed by atoms with E-state index in [9.17, 15) is 14.4 Å².